The number of carbonyl (C=O) groups is 1. The van der Waals surface area contributed by atoms with E-state index >= 15 is 0 Å². The lowest BCUT2D eigenvalue weighted by Gasteiger charge is -2.15. The molecule has 0 aliphatic carbocycles. The van der Waals surface area contributed by atoms with Gasteiger partial charge in [-0.15, -0.1) is 11.8 Å². The lowest BCUT2D eigenvalue weighted by Crippen LogP contribution is -2.32. The van der Waals surface area contributed by atoms with Gasteiger partial charge < -0.3 is 0 Å². The van der Waals surface area contributed by atoms with Crippen molar-refractivity contribution in [2.24, 2.45) is 0 Å². The van der Waals surface area contributed by atoms with Crippen LogP contribution in [0.15, 0.2) is 52.3 Å². The highest BCUT2D eigenvalue weighted by molar-refractivity contribution is 7.99. The molecule has 23 heavy (non-hydrogen) atoms. The normalized spacial score (nSPS) is 15.7. The van der Waals surface area contributed by atoms with Crippen LogP contribution < -0.4 is 0 Å². The molecular formula is C15H11Cl2NO3S2. The molecule has 2 aromatic rings. The van der Waals surface area contributed by atoms with E-state index in [1.807, 2.05) is 0 Å². The number of fused-ring (bicyclic) bond motifs is 1. The van der Waals surface area contributed by atoms with E-state index in [1.54, 1.807) is 30.3 Å². The smallest absolute Gasteiger partial charge is 0.268 e. The van der Waals surface area contributed by atoms with Crippen LogP contribution in [0.3, 0.4) is 0 Å². The van der Waals surface area contributed by atoms with Crippen molar-refractivity contribution in [3.8, 4) is 0 Å². The van der Waals surface area contributed by atoms with E-state index in [2.05, 4.69) is 0 Å². The Labute approximate surface area is 148 Å². The molecule has 0 radical (unpaired) electrons. The molecule has 4 nitrogen and oxygen atoms in total. The van der Waals surface area contributed by atoms with Gasteiger partial charge in [0, 0.05) is 22.2 Å². The van der Waals surface area contributed by atoms with E-state index in [4.69, 9.17) is 23.2 Å². The molecule has 1 amide bonds. The van der Waals surface area contributed by atoms with Crippen LogP contribution in [0.1, 0.15) is 10.4 Å². The highest BCUT2D eigenvalue weighted by Gasteiger charge is 2.40. The summed E-state index contributed by atoms with van der Waals surface area (Å²) in [5.41, 5.74) is 0.221. The van der Waals surface area contributed by atoms with Gasteiger partial charge in [0.05, 0.1) is 10.6 Å². The van der Waals surface area contributed by atoms with Crippen molar-refractivity contribution >= 4 is 50.9 Å². The van der Waals surface area contributed by atoms with E-state index < -0.39 is 15.9 Å². The van der Waals surface area contributed by atoms with Crippen LogP contribution in [0.4, 0.5) is 0 Å². The van der Waals surface area contributed by atoms with E-state index in [0.29, 0.717) is 15.8 Å². The van der Waals surface area contributed by atoms with Gasteiger partial charge >= 0.3 is 0 Å². The van der Waals surface area contributed by atoms with Crippen molar-refractivity contribution in [2.75, 3.05) is 12.3 Å². The number of rotatable bonds is 4. The maximum absolute atomic E-state index is 12.4. The summed E-state index contributed by atoms with van der Waals surface area (Å²) in [6, 6.07) is 11.3. The van der Waals surface area contributed by atoms with Gasteiger partial charge in [-0.3, -0.25) is 4.79 Å². The fourth-order valence-corrected chi connectivity index (χ4v) is 5.39. The Morgan fingerprint density at radius 3 is 2.57 bits per heavy atom. The predicted octanol–water partition coefficient (Wildman–Crippen LogP) is 3.93. The number of hydrogen-bond donors (Lipinski definition) is 0. The number of thioether (sulfide) groups is 1. The highest BCUT2D eigenvalue weighted by Crippen LogP contribution is 2.32. The number of carbonyl (C=O) groups excluding carboxylic acids is 1. The average Bonchev–Trinajstić information content (AvgIpc) is 2.72. The van der Waals surface area contributed by atoms with Crippen LogP contribution in [0.25, 0.3) is 0 Å². The molecule has 0 aromatic heterocycles. The molecule has 0 unspecified atom stereocenters. The molecule has 0 fully saturated rings. The molecule has 1 aliphatic rings. The second-order valence-electron chi connectivity index (χ2n) is 4.80. The van der Waals surface area contributed by atoms with Gasteiger partial charge in [0.15, 0.2) is 0 Å². The molecule has 0 saturated carbocycles. The Morgan fingerprint density at radius 1 is 1.09 bits per heavy atom. The SMILES string of the molecule is O=C1c2ccccc2S(=O)(=O)N1CCSc1cc(Cl)ccc1Cl. The van der Waals surface area contributed by atoms with Gasteiger partial charge in [0.2, 0.25) is 0 Å². The monoisotopic (exact) mass is 387 g/mol. The number of halogens is 2. The molecule has 120 valence electrons. The summed E-state index contributed by atoms with van der Waals surface area (Å²) < 4.78 is 25.7. The van der Waals surface area contributed by atoms with Crippen molar-refractivity contribution in [3.05, 3.63) is 58.1 Å². The zero-order chi connectivity index (χ0) is 16.6. The van der Waals surface area contributed by atoms with Crippen molar-refractivity contribution in [1.82, 2.24) is 4.31 Å². The third-order valence-electron chi connectivity index (χ3n) is 3.36. The summed E-state index contributed by atoms with van der Waals surface area (Å²) in [6.07, 6.45) is 0. The third-order valence-corrected chi connectivity index (χ3v) is 6.91. The minimum absolute atomic E-state index is 0.0655. The second kappa shape index (κ2) is 6.36. The van der Waals surface area contributed by atoms with E-state index in [1.165, 1.54) is 23.9 Å². The Kier molecular flexibility index (Phi) is 4.60. The lowest BCUT2D eigenvalue weighted by molar-refractivity contribution is 0.0876. The second-order valence-corrected chi connectivity index (χ2v) is 8.61. The summed E-state index contributed by atoms with van der Waals surface area (Å²) in [7, 11) is -3.76. The first-order chi connectivity index (χ1) is 10.9. The fraction of sp³-hybridized carbons (Fsp3) is 0.133. The van der Waals surface area contributed by atoms with Crippen molar-refractivity contribution in [3.63, 3.8) is 0 Å². The number of nitrogens with zero attached hydrogens (tertiary/aromatic N) is 1. The summed E-state index contributed by atoms with van der Waals surface area (Å²) in [5.74, 6) is -0.0997. The van der Waals surface area contributed by atoms with Crippen molar-refractivity contribution in [1.29, 1.82) is 0 Å². The minimum Gasteiger partial charge on any atom is -0.268 e. The number of amides is 1. The van der Waals surface area contributed by atoms with E-state index in [-0.39, 0.29) is 17.0 Å². The number of sulfonamides is 1. The zero-order valence-corrected chi connectivity index (χ0v) is 14.8. The maximum Gasteiger partial charge on any atom is 0.269 e. The van der Waals surface area contributed by atoms with E-state index in [9.17, 15) is 13.2 Å². The van der Waals surface area contributed by atoms with Gasteiger partial charge in [-0.2, -0.15) is 0 Å². The van der Waals surface area contributed by atoms with Gasteiger partial charge in [0.25, 0.3) is 15.9 Å². The summed E-state index contributed by atoms with van der Waals surface area (Å²) in [6.45, 7) is 0.0728. The highest BCUT2D eigenvalue weighted by atomic mass is 35.5. The van der Waals surface area contributed by atoms with Crippen LogP contribution in [-0.4, -0.2) is 30.9 Å². The molecule has 1 heterocycles. The van der Waals surface area contributed by atoms with Crippen LogP contribution in [-0.2, 0) is 10.0 Å². The predicted molar refractivity (Wildman–Crippen MR) is 91.9 cm³/mol. The van der Waals surface area contributed by atoms with Gasteiger partial charge in [-0.05, 0) is 30.3 Å². The molecule has 0 bridgehead atoms. The molecule has 0 spiro atoms. The summed E-state index contributed by atoms with van der Waals surface area (Å²) in [4.78, 5) is 13.1. The molecule has 1 aliphatic heterocycles. The Morgan fingerprint density at radius 2 is 1.83 bits per heavy atom. The first-order valence-corrected chi connectivity index (χ1v) is 9.83. The topological polar surface area (TPSA) is 54.5 Å². The molecular weight excluding hydrogens is 377 g/mol. The molecule has 8 heteroatoms. The summed E-state index contributed by atoms with van der Waals surface area (Å²) in [5, 5.41) is 1.09. The number of benzene rings is 2. The van der Waals surface area contributed by atoms with Crippen LogP contribution in [0, 0.1) is 0 Å². The van der Waals surface area contributed by atoms with Gasteiger partial charge in [-0.1, -0.05) is 35.3 Å². The molecule has 2 aromatic carbocycles. The van der Waals surface area contributed by atoms with Crippen LogP contribution >= 0.6 is 35.0 Å². The van der Waals surface area contributed by atoms with Crippen molar-refractivity contribution < 1.29 is 13.2 Å². The maximum atomic E-state index is 12.4. The first-order valence-electron chi connectivity index (χ1n) is 6.65. The van der Waals surface area contributed by atoms with E-state index in [0.717, 1.165) is 9.20 Å². The van der Waals surface area contributed by atoms with Crippen LogP contribution in [0.2, 0.25) is 10.0 Å². The quantitative estimate of drug-likeness (QED) is 0.745. The molecule has 0 saturated heterocycles. The number of hydrogen-bond acceptors (Lipinski definition) is 4. The van der Waals surface area contributed by atoms with Crippen LogP contribution in [0.5, 0.6) is 0 Å². The fourth-order valence-electron chi connectivity index (χ4n) is 2.28. The standard InChI is InChI=1S/C15H11Cl2NO3S2/c16-10-5-6-12(17)13(9-10)22-8-7-18-15(19)11-3-1-2-4-14(11)23(18,20)21/h1-6,9H,7-8H2. The molecule has 0 N–H and O–H groups in total. The first kappa shape index (κ1) is 16.6. The lowest BCUT2D eigenvalue weighted by atomic mass is 10.2. The molecule has 0 atom stereocenters. The van der Waals surface area contributed by atoms with Crippen molar-refractivity contribution in [2.45, 2.75) is 9.79 Å². The Hall–Kier alpha value is -1.21. The van der Waals surface area contributed by atoms with Gasteiger partial charge in [-0.25, -0.2) is 12.7 Å². The van der Waals surface area contributed by atoms with Gasteiger partial charge in [0.1, 0.15) is 4.90 Å². The molecule has 3 rings (SSSR count). The zero-order valence-electron chi connectivity index (χ0n) is 11.7. The third kappa shape index (κ3) is 3.08. The average molecular weight is 388 g/mol. The Balaban J connectivity index is 1.75. The minimum atomic E-state index is -3.76. The summed E-state index contributed by atoms with van der Waals surface area (Å²) >= 11 is 13.3. The Bertz CT molecular complexity index is 884. The largest absolute Gasteiger partial charge is 0.269 e.